The molecule has 3 heterocycles. The Bertz CT molecular complexity index is 584. The molecule has 0 amide bonds. The number of aromatic amines is 1. The maximum absolute atomic E-state index is 11.1. The maximum atomic E-state index is 11.1. The lowest BCUT2D eigenvalue weighted by atomic mass is 9.96. The van der Waals surface area contributed by atoms with E-state index in [4.69, 9.17) is 5.11 Å². The number of hydrogen-bond acceptors (Lipinski definition) is 2. The zero-order valence-corrected chi connectivity index (χ0v) is 10.2. The normalized spacial score (nSPS) is 18.6. The number of carbonyl (C=O) groups is 1. The first-order valence-corrected chi connectivity index (χ1v) is 6.09. The van der Waals surface area contributed by atoms with Crippen LogP contribution in [0.2, 0.25) is 0 Å². The average molecular weight is 245 g/mol. The Morgan fingerprint density at radius 3 is 3.11 bits per heavy atom. The molecule has 2 aromatic rings. The Labute approximate surface area is 104 Å². The van der Waals surface area contributed by atoms with Gasteiger partial charge in [-0.1, -0.05) is 0 Å². The lowest BCUT2D eigenvalue weighted by molar-refractivity contribution is -0.142. The third-order valence-corrected chi connectivity index (χ3v) is 3.62. The van der Waals surface area contributed by atoms with Gasteiger partial charge in [0, 0.05) is 30.2 Å². The SMILES string of the molecule is Cc1nc(-c2cc[nH]c2)c2n1CC(C(=O)O)CC2. The molecule has 1 atom stereocenters. The number of aryl methyl sites for hydroxylation is 1. The first kappa shape index (κ1) is 11.1. The molecule has 2 N–H and O–H groups in total. The number of fused-ring (bicyclic) bond motifs is 1. The van der Waals surface area contributed by atoms with Crippen molar-refractivity contribution in [3.05, 3.63) is 30.0 Å². The van der Waals surface area contributed by atoms with Crippen molar-refractivity contribution < 1.29 is 9.90 Å². The standard InChI is InChI=1S/C13H15N3O2/c1-8-15-12(9-4-5-14-6-9)11-3-2-10(13(17)18)7-16(8)11/h4-6,10,14H,2-3,7H2,1H3,(H,17,18). The second-order valence-electron chi connectivity index (χ2n) is 4.74. The van der Waals surface area contributed by atoms with Gasteiger partial charge in [-0.3, -0.25) is 4.79 Å². The predicted molar refractivity (Wildman–Crippen MR) is 66.2 cm³/mol. The van der Waals surface area contributed by atoms with Crippen LogP contribution < -0.4 is 0 Å². The summed E-state index contributed by atoms with van der Waals surface area (Å²) >= 11 is 0. The fraction of sp³-hybridized carbons (Fsp3) is 0.385. The number of rotatable bonds is 2. The summed E-state index contributed by atoms with van der Waals surface area (Å²) in [5.41, 5.74) is 3.21. The van der Waals surface area contributed by atoms with E-state index in [0.717, 1.165) is 29.2 Å². The third kappa shape index (κ3) is 1.63. The fourth-order valence-electron chi connectivity index (χ4n) is 2.63. The summed E-state index contributed by atoms with van der Waals surface area (Å²) in [6.07, 6.45) is 5.27. The zero-order valence-electron chi connectivity index (χ0n) is 10.2. The van der Waals surface area contributed by atoms with Crippen LogP contribution in [0.5, 0.6) is 0 Å². The zero-order chi connectivity index (χ0) is 12.7. The van der Waals surface area contributed by atoms with Crippen LogP contribution in [0.15, 0.2) is 18.5 Å². The number of nitrogens with zero attached hydrogens (tertiary/aromatic N) is 2. The molecule has 5 heteroatoms. The summed E-state index contributed by atoms with van der Waals surface area (Å²) in [5.74, 6) is -0.103. The van der Waals surface area contributed by atoms with Crippen molar-refractivity contribution in [3.8, 4) is 11.3 Å². The monoisotopic (exact) mass is 245 g/mol. The van der Waals surface area contributed by atoms with Crippen molar-refractivity contribution in [1.29, 1.82) is 0 Å². The van der Waals surface area contributed by atoms with E-state index in [-0.39, 0.29) is 5.92 Å². The average Bonchev–Trinajstić information content (AvgIpc) is 2.97. The molecular weight excluding hydrogens is 230 g/mol. The van der Waals surface area contributed by atoms with Crippen LogP contribution in [-0.4, -0.2) is 25.6 Å². The summed E-state index contributed by atoms with van der Waals surface area (Å²) in [6.45, 7) is 2.47. The van der Waals surface area contributed by atoms with Crippen LogP contribution in [0.3, 0.4) is 0 Å². The molecule has 2 aromatic heterocycles. The fourth-order valence-corrected chi connectivity index (χ4v) is 2.63. The van der Waals surface area contributed by atoms with Crippen LogP contribution in [0.4, 0.5) is 0 Å². The van der Waals surface area contributed by atoms with E-state index in [1.54, 1.807) is 0 Å². The number of hydrogen-bond donors (Lipinski definition) is 2. The van der Waals surface area contributed by atoms with Gasteiger partial charge in [0.25, 0.3) is 0 Å². The minimum atomic E-state index is -0.711. The summed E-state index contributed by atoms with van der Waals surface area (Å²) in [5, 5.41) is 9.11. The molecule has 3 rings (SSSR count). The molecule has 1 aliphatic heterocycles. The van der Waals surface area contributed by atoms with Crippen LogP contribution in [-0.2, 0) is 17.8 Å². The number of carboxylic acids is 1. The Hall–Kier alpha value is -2.04. The summed E-state index contributed by atoms with van der Waals surface area (Å²) in [4.78, 5) is 18.7. The molecule has 0 aliphatic carbocycles. The summed E-state index contributed by atoms with van der Waals surface area (Å²) in [6, 6.07) is 1.99. The van der Waals surface area contributed by atoms with Crippen molar-refractivity contribution in [3.63, 3.8) is 0 Å². The molecule has 0 bridgehead atoms. The molecule has 0 aromatic carbocycles. The van der Waals surface area contributed by atoms with Gasteiger partial charge in [-0.05, 0) is 25.8 Å². The molecule has 0 spiro atoms. The number of imidazole rings is 1. The molecule has 0 fully saturated rings. The van der Waals surface area contributed by atoms with Crippen molar-refractivity contribution in [2.75, 3.05) is 0 Å². The Kier molecular flexibility index (Phi) is 2.47. The number of aromatic nitrogens is 3. The van der Waals surface area contributed by atoms with E-state index >= 15 is 0 Å². The Morgan fingerprint density at radius 1 is 1.61 bits per heavy atom. The second kappa shape index (κ2) is 4.01. The molecular formula is C13H15N3O2. The van der Waals surface area contributed by atoms with Gasteiger partial charge in [-0.25, -0.2) is 4.98 Å². The van der Waals surface area contributed by atoms with E-state index < -0.39 is 5.97 Å². The van der Waals surface area contributed by atoms with Gasteiger partial charge in [0.1, 0.15) is 5.82 Å². The number of carboxylic acid groups (broad SMARTS) is 1. The summed E-state index contributed by atoms with van der Waals surface area (Å²) < 4.78 is 2.05. The van der Waals surface area contributed by atoms with Crippen LogP contribution in [0, 0.1) is 12.8 Å². The Balaban J connectivity index is 2.03. The second-order valence-corrected chi connectivity index (χ2v) is 4.74. The van der Waals surface area contributed by atoms with Crippen LogP contribution >= 0.6 is 0 Å². The van der Waals surface area contributed by atoms with E-state index in [9.17, 15) is 4.79 Å². The van der Waals surface area contributed by atoms with Gasteiger partial charge in [0.05, 0.1) is 11.6 Å². The highest BCUT2D eigenvalue weighted by Gasteiger charge is 2.28. The highest BCUT2D eigenvalue weighted by molar-refractivity contribution is 5.70. The minimum absolute atomic E-state index is 0.288. The first-order chi connectivity index (χ1) is 8.66. The molecule has 94 valence electrons. The lowest BCUT2D eigenvalue weighted by Gasteiger charge is -2.22. The van der Waals surface area contributed by atoms with Gasteiger partial charge in [0.15, 0.2) is 0 Å². The predicted octanol–water partition coefficient (Wildman–Crippen LogP) is 1.83. The van der Waals surface area contributed by atoms with E-state index in [2.05, 4.69) is 9.97 Å². The lowest BCUT2D eigenvalue weighted by Crippen LogP contribution is -2.27. The van der Waals surface area contributed by atoms with Crippen molar-refractivity contribution >= 4 is 5.97 Å². The topological polar surface area (TPSA) is 70.9 Å². The first-order valence-electron chi connectivity index (χ1n) is 6.09. The molecule has 1 aliphatic rings. The molecule has 18 heavy (non-hydrogen) atoms. The largest absolute Gasteiger partial charge is 0.481 e. The maximum Gasteiger partial charge on any atom is 0.308 e. The van der Waals surface area contributed by atoms with Gasteiger partial charge in [-0.2, -0.15) is 0 Å². The smallest absolute Gasteiger partial charge is 0.308 e. The van der Waals surface area contributed by atoms with Gasteiger partial charge in [-0.15, -0.1) is 0 Å². The quantitative estimate of drug-likeness (QED) is 0.848. The molecule has 5 nitrogen and oxygen atoms in total. The number of nitrogens with one attached hydrogen (secondary N) is 1. The van der Waals surface area contributed by atoms with Crippen molar-refractivity contribution in [1.82, 2.24) is 14.5 Å². The van der Waals surface area contributed by atoms with E-state index in [0.29, 0.717) is 13.0 Å². The van der Waals surface area contributed by atoms with Gasteiger partial charge < -0.3 is 14.7 Å². The van der Waals surface area contributed by atoms with Gasteiger partial charge in [0.2, 0.25) is 0 Å². The molecule has 0 radical (unpaired) electrons. The highest BCUT2D eigenvalue weighted by Crippen LogP contribution is 2.30. The van der Waals surface area contributed by atoms with Crippen LogP contribution in [0.1, 0.15) is 17.9 Å². The van der Waals surface area contributed by atoms with Crippen molar-refractivity contribution in [2.24, 2.45) is 5.92 Å². The summed E-state index contributed by atoms with van der Waals surface area (Å²) in [7, 11) is 0. The van der Waals surface area contributed by atoms with E-state index in [1.165, 1.54) is 0 Å². The molecule has 1 unspecified atom stereocenters. The van der Waals surface area contributed by atoms with Gasteiger partial charge >= 0.3 is 5.97 Å². The number of H-pyrrole nitrogens is 1. The highest BCUT2D eigenvalue weighted by atomic mass is 16.4. The van der Waals surface area contributed by atoms with Crippen LogP contribution in [0.25, 0.3) is 11.3 Å². The Morgan fingerprint density at radius 2 is 2.44 bits per heavy atom. The third-order valence-electron chi connectivity index (χ3n) is 3.62. The molecule has 0 saturated heterocycles. The molecule has 0 saturated carbocycles. The number of aliphatic carboxylic acids is 1. The van der Waals surface area contributed by atoms with Crippen molar-refractivity contribution in [2.45, 2.75) is 26.3 Å². The van der Waals surface area contributed by atoms with E-state index in [1.807, 2.05) is 30.0 Å². The minimum Gasteiger partial charge on any atom is -0.481 e.